The van der Waals surface area contributed by atoms with Crippen LogP contribution in [0, 0.1) is 12.7 Å². The molecule has 0 bridgehead atoms. The van der Waals surface area contributed by atoms with E-state index in [-0.39, 0.29) is 12.3 Å². The number of benzene rings is 2. The second-order valence-electron chi connectivity index (χ2n) is 7.19. The maximum atomic E-state index is 13.2. The zero-order valence-electron chi connectivity index (χ0n) is 16.1. The summed E-state index contributed by atoms with van der Waals surface area (Å²) in [5.74, 6) is -1.82. The van der Waals surface area contributed by atoms with Gasteiger partial charge in [-0.05, 0) is 53.9 Å². The fourth-order valence-electron chi connectivity index (χ4n) is 3.66. The van der Waals surface area contributed by atoms with Gasteiger partial charge >= 0.3 is 6.18 Å². The largest absolute Gasteiger partial charge is 0.416 e. The molecule has 0 saturated heterocycles. The van der Waals surface area contributed by atoms with Crippen LogP contribution in [-0.4, -0.2) is 11.8 Å². The van der Waals surface area contributed by atoms with E-state index >= 15 is 0 Å². The summed E-state index contributed by atoms with van der Waals surface area (Å²) in [4.78, 5) is 25.4. The number of halogens is 4. The summed E-state index contributed by atoms with van der Waals surface area (Å²) in [6, 6.07) is 10.2. The quantitative estimate of drug-likeness (QED) is 0.487. The summed E-state index contributed by atoms with van der Waals surface area (Å²) in [6.45, 7) is 1.70. The van der Waals surface area contributed by atoms with E-state index in [1.165, 1.54) is 30.3 Å². The fourth-order valence-corrected chi connectivity index (χ4v) is 4.84. The van der Waals surface area contributed by atoms with Crippen LogP contribution in [0.1, 0.15) is 44.3 Å². The highest BCUT2D eigenvalue weighted by Crippen LogP contribution is 2.46. The van der Waals surface area contributed by atoms with Gasteiger partial charge in [-0.1, -0.05) is 18.2 Å². The van der Waals surface area contributed by atoms with E-state index in [9.17, 15) is 27.2 Å². The number of rotatable bonds is 3. The minimum absolute atomic E-state index is 0.0229. The molecule has 0 unspecified atom stereocenters. The molecule has 2 heterocycles. The molecule has 1 aliphatic heterocycles. The molecule has 160 valence electrons. The first kappa shape index (κ1) is 21.0. The number of thiophene rings is 1. The standard InChI is InChI=1S/C22H16F4N2O2S/c1-11-18-16(12-3-2-4-13(9-12)22(24,25)26)10-17(29)28-21(18)31-19(11)20(30)27-15-7-5-14(23)6-8-15/h2-9,16H,10H2,1H3,(H,27,30)(H,28,29)/t16-/m1/s1. The molecule has 0 fully saturated rings. The van der Waals surface area contributed by atoms with Crippen LogP contribution in [-0.2, 0) is 11.0 Å². The van der Waals surface area contributed by atoms with E-state index in [1.54, 1.807) is 13.0 Å². The van der Waals surface area contributed by atoms with Crippen molar-refractivity contribution in [3.05, 3.63) is 81.5 Å². The van der Waals surface area contributed by atoms with Gasteiger partial charge in [0.1, 0.15) is 5.82 Å². The molecule has 2 N–H and O–H groups in total. The third kappa shape index (κ3) is 4.18. The molecule has 9 heteroatoms. The lowest BCUT2D eigenvalue weighted by atomic mass is 9.84. The Morgan fingerprint density at radius 2 is 1.87 bits per heavy atom. The number of nitrogens with one attached hydrogen (secondary N) is 2. The van der Waals surface area contributed by atoms with Crippen LogP contribution in [0.3, 0.4) is 0 Å². The van der Waals surface area contributed by atoms with E-state index in [4.69, 9.17) is 0 Å². The van der Waals surface area contributed by atoms with Gasteiger partial charge in [0.05, 0.1) is 15.4 Å². The summed E-state index contributed by atoms with van der Waals surface area (Å²) >= 11 is 1.06. The molecule has 2 amide bonds. The Hall–Kier alpha value is -3.20. The Morgan fingerprint density at radius 3 is 2.55 bits per heavy atom. The van der Waals surface area contributed by atoms with Crippen molar-refractivity contribution in [3.63, 3.8) is 0 Å². The SMILES string of the molecule is Cc1c(C(=O)Nc2ccc(F)cc2)sc2c1[C@@H](c1cccc(C(F)(F)F)c1)CC(=O)N2. The van der Waals surface area contributed by atoms with Crippen LogP contribution in [0.2, 0.25) is 0 Å². The first-order chi connectivity index (χ1) is 14.6. The van der Waals surface area contributed by atoms with E-state index in [2.05, 4.69) is 10.6 Å². The van der Waals surface area contributed by atoms with Gasteiger partial charge in [-0.25, -0.2) is 4.39 Å². The smallest absolute Gasteiger partial charge is 0.321 e. The van der Waals surface area contributed by atoms with Crippen molar-refractivity contribution >= 4 is 33.8 Å². The molecular weight excluding hydrogens is 432 g/mol. The van der Waals surface area contributed by atoms with E-state index < -0.39 is 29.4 Å². The average Bonchev–Trinajstić information content (AvgIpc) is 3.05. The Morgan fingerprint density at radius 1 is 1.16 bits per heavy atom. The van der Waals surface area contributed by atoms with Crippen LogP contribution in [0.4, 0.5) is 28.3 Å². The molecule has 4 rings (SSSR count). The van der Waals surface area contributed by atoms with Gasteiger partial charge < -0.3 is 10.6 Å². The zero-order valence-corrected chi connectivity index (χ0v) is 17.0. The normalized spacial score (nSPS) is 15.9. The number of carbonyl (C=O) groups excluding carboxylic acids is 2. The van der Waals surface area contributed by atoms with E-state index in [1.807, 2.05) is 0 Å². The van der Waals surface area contributed by atoms with Gasteiger partial charge in [-0.2, -0.15) is 13.2 Å². The number of hydrogen-bond acceptors (Lipinski definition) is 3. The molecule has 0 spiro atoms. The zero-order chi connectivity index (χ0) is 22.3. The maximum absolute atomic E-state index is 13.2. The molecule has 0 aliphatic carbocycles. The lowest BCUT2D eigenvalue weighted by Crippen LogP contribution is -2.23. The second kappa shape index (κ2) is 7.81. The number of fused-ring (bicyclic) bond motifs is 1. The Balaban J connectivity index is 1.71. The molecule has 1 aromatic heterocycles. The number of carbonyl (C=O) groups is 2. The van der Waals surface area contributed by atoms with E-state index in [0.717, 1.165) is 23.5 Å². The van der Waals surface area contributed by atoms with Crippen molar-refractivity contribution in [2.75, 3.05) is 10.6 Å². The summed E-state index contributed by atoms with van der Waals surface area (Å²) in [5.41, 5.74) is 1.18. The Bertz CT molecular complexity index is 1170. The highest BCUT2D eigenvalue weighted by molar-refractivity contribution is 7.18. The van der Waals surface area contributed by atoms with Crippen LogP contribution in [0.5, 0.6) is 0 Å². The average molecular weight is 448 g/mol. The lowest BCUT2D eigenvalue weighted by molar-refractivity contribution is -0.137. The first-order valence-electron chi connectivity index (χ1n) is 9.30. The molecule has 4 nitrogen and oxygen atoms in total. The van der Waals surface area contributed by atoms with Gasteiger partial charge in [-0.15, -0.1) is 11.3 Å². The predicted molar refractivity (Wildman–Crippen MR) is 110 cm³/mol. The summed E-state index contributed by atoms with van der Waals surface area (Å²) < 4.78 is 52.6. The van der Waals surface area contributed by atoms with Crippen molar-refractivity contribution < 1.29 is 27.2 Å². The van der Waals surface area contributed by atoms with Crippen molar-refractivity contribution in [1.29, 1.82) is 0 Å². The lowest BCUT2D eigenvalue weighted by Gasteiger charge is -2.24. The van der Waals surface area contributed by atoms with E-state index in [0.29, 0.717) is 32.3 Å². The fraction of sp³-hybridized carbons (Fsp3) is 0.182. The Kier molecular flexibility index (Phi) is 5.30. The van der Waals surface area contributed by atoms with Gasteiger partial charge in [0, 0.05) is 18.0 Å². The highest BCUT2D eigenvalue weighted by Gasteiger charge is 2.35. The maximum Gasteiger partial charge on any atom is 0.416 e. The van der Waals surface area contributed by atoms with Gasteiger partial charge in [0.2, 0.25) is 5.91 Å². The topological polar surface area (TPSA) is 58.2 Å². The number of alkyl halides is 3. The molecule has 1 atom stereocenters. The highest BCUT2D eigenvalue weighted by atomic mass is 32.1. The molecule has 31 heavy (non-hydrogen) atoms. The first-order valence-corrected chi connectivity index (χ1v) is 10.1. The number of anilines is 2. The number of amides is 2. The van der Waals surface area contributed by atoms with Crippen LogP contribution in [0.15, 0.2) is 48.5 Å². The van der Waals surface area contributed by atoms with Gasteiger partial charge in [0.25, 0.3) is 5.91 Å². The predicted octanol–water partition coefficient (Wildman–Crippen LogP) is 5.94. The third-order valence-electron chi connectivity index (χ3n) is 5.11. The van der Waals surface area contributed by atoms with Gasteiger partial charge in [-0.3, -0.25) is 9.59 Å². The molecule has 0 saturated carbocycles. The minimum Gasteiger partial charge on any atom is -0.321 e. The third-order valence-corrected chi connectivity index (χ3v) is 6.33. The van der Waals surface area contributed by atoms with Crippen molar-refractivity contribution in [1.82, 2.24) is 0 Å². The molecule has 2 aromatic carbocycles. The summed E-state index contributed by atoms with van der Waals surface area (Å²) in [5, 5.41) is 5.84. The molecule has 1 aliphatic rings. The second-order valence-corrected chi connectivity index (χ2v) is 8.21. The molecular formula is C22H16F4N2O2S. The summed E-state index contributed by atoms with van der Waals surface area (Å²) in [7, 11) is 0. The van der Waals surface area contributed by atoms with Crippen LogP contribution < -0.4 is 10.6 Å². The molecule has 3 aromatic rings. The van der Waals surface area contributed by atoms with Crippen molar-refractivity contribution in [2.24, 2.45) is 0 Å². The van der Waals surface area contributed by atoms with Crippen molar-refractivity contribution in [3.8, 4) is 0 Å². The van der Waals surface area contributed by atoms with Gasteiger partial charge in [0.15, 0.2) is 0 Å². The van der Waals surface area contributed by atoms with Crippen LogP contribution >= 0.6 is 11.3 Å². The molecule has 0 radical (unpaired) electrons. The number of hydrogen-bond donors (Lipinski definition) is 2. The Labute approximate surface area is 178 Å². The van der Waals surface area contributed by atoms with Crippen LogP contribution in [0.25, 0.3) is 0 Å². The monoisotopic (exact) mass is 448 g/mol. The summed E-state index contributed by atoms with van der Waals surface area (Å²) in [6.07, 6.45) is -4.52. The minimum atomic E-state index is -4.50. The van der Waals surface area contributed by atoms with Crippen molar-refractivity contribution in [2.45, 2.75) is 25.4 Å².